The summed E-state index contributed by atoms with van der Waals surface area (Å²) in [5, 5.41) is 10.4. The lowest BCUT2D eigenvalue weighted by molar-refractivity contribution is 0.618. The van der Waals surface area contributed by atoms with Crippen LogP contribution < -0.4 is 5.32 Å². The second kappa shape index (κ2) is 6.89. The van der Waals surface area contributed by atoms with E-state index in [2.05, 4.69) is 15.5 Å². The highest BCUT2D eigenvalue weighted by atomic mass is 35.5. The van der Waals surface area contributed by atoms with E-state index in [-0.39, 0.29) is 30.6 Å². The quantitative estimate of drug-likeness (QED) is 0.895. The van der Waals surface area contributed by atoms with E-state index in [1.807, 2.05) is 18.2 Å². The summed E-state index contributed by atoms with van der Waals surface area (Å²) in [4.78, 5) is 0. The third-order valence-corrected chi connectivity index (χ3v) is 3.43. The number of aromatic nitrogens is 2. The minimum atomic E-state index is -0.183. The standard InChI is InChI=1S/C13H14FN3.2ClH/c14-10-3-1-9(2-4-10)11-7-15-8-12(11)13-5-6-16-17-13;;/h1-6,11-12,15H,7-8H2,(H,16,17);2*1H. The van der Waals surface area contributed by atoms with Crippen molar-refractivity contribution in [3.8, 4) is 0 Å². The van der Waals surface area contributed by atoms with E-state index in [0.717, 1.165) is 18.8 Å². The second-order valence-corrected chi connectivity index (χ2v) is 4.43. The fourth-order valence-electron chi connectivity index (χ4n) is 2.54. The van der Waals surface area contributed by atoms with E-state index in [1.54, 1.807) is 6.20 Å². The summed E-state index contributed by atoms with van der Waals surface area (Å²) in [6, 6.07) is 8.80. The fraction of sp³-hybridized carbons (Fsp3) is 0.308. The van der Waals surface area contributed by atoms with E-state index in [0.29, 0.717) is 11.8 Å². The van der Waals surface area contributed by atoms with Crippen molar-refractivity contribution in [2.24, 2.45) is 0 Å². The molecule has 3 nitrogen and oxygen atoms in total. The Morgan fingerprint density at radius 3 is 2.32 bits per heavy atom. The molecule has 0 aliphatic carbocycles. The molecular weight excluding hydrogens is 288 g/mol. The molecule has 0 radical (unpaired) electrons. The number of halogens is 3. The summed E-state index contributed by atoms with van der Waals surface area (Å²) < 4.78 is 12.9. The van der Waals surface area contributed by atoms with Gasteiger partial charge in [0.05, 0.1) is 0 Å². The van der Waals surface area contributed by atoms with Crippen LogP contribution in [0.15, 0.2) is 36.5 Å². The predicted octanol–water partition coefficient (Wildman–Crippen LogP) is 2.86. The Labute approximate surface area is 123 Å². The average Bonchev–Trinajstić information content (AvgIpc) is 3.00. The van der Waals surface area contributed by atoms with Gasteiger partial charge >= 0.3 is 0 Å². The molecule has 104 valence electrons. The molecule has 2 aromatic rings. The smallest absolute Gasteiger partial charge is 0.123 e. The van der Waals surface area contributed by atoms with Gasteiger partial charge in [0.25, 0.3) is 0 Å². The molecule has 0 saturated carbocycles. The van der Waals surface area contributed by atoms with Gasteiger partial charge in [-0.05, 0) is 23.8 Å². The maximum atomic E-state index is 12.9. The van der Waals surface area contributed by atoms with Crippen LogP contribution in [0.25, 0.3) is 0 Å². The van der Waals surface area contributed by atoms with Gasteiger partial charge in [0.2, 0.25) is 0 Å². The highest BCUT2D eigenvalue weighted by molar-refractivity contribution is 5.85. The van der Waals surface area contributed by atoms with Crippen molar-refractivity contribution < 1.29 is 4.39 Å². The number of aromatic amines is 1. The summed E-state index contributed by atoms with van der Waals surface area (Å²) in [5.74, 6) is 0.594. The second-order valence-electron chi connectivity index (χ2n) is 4.43. The van der Waals surface area contributed by atoms with Crippen LogP contribution in [0.2, 0.25) is 0 Å². The molecule has 0 bridgehead atoms. The summed E-state index contributed by atoms with van der Waals surface area (Å²) >= 11 is 0. The average molecular weight is 304 g/mol. The van der Waals surface area contributed by atoms with Crippen molar-refractivity contribution in [2.75, 3.05) is 13.1 Å². The van der Waals surface area contributed by atoms with E-state index in [4.69, 9.17) is 0 Å². The largest absolute Gasteiger partial charge is 0.315 e. The minimum Gasteiger partial charge on any atom is -0.315 e. The molecular formula is C13H16Cl2FN3. The number of nitrogens with one attached hydrogen (secondary N) is 2. The number of hydrogen-bond acceptors (Lipinski definition) is 2. The normalized spacial score (nSPS) is 21.5. The molecule has 1 aromatic carbocycles. The lowest BCUT2D eigenvalue weighted by atomic mass is 9.87. The Balaban J connectivity index is 0.000000902. The molecule has 2 heterocycles. The van der Waals surface area contributed by atoms with Gasteiger partial charge in [0.15, 0.2) is 0 Å². The monoisotopic (exact) mass is 303 g/mol. The first kappa shape index (κ1) is 16.0. The van der Waals surface area contributed by atoms with Gasteiger partial charge in [-0.15, -0.1) is 24.8 Å². The molecule has 0 amide bonds. The van der Waals surface area contributed by atoms with Crippen LogP contribution in [0, 0.1) is 5.82 Å². The zero-order valence-electron chi connectivity index (χ0n) is 10.2. The molecule has 2 unspecified atom stereocenters. The molecule has 1 aliphatic rings. The van der Waals surface area contributed by atoms with Crippen LogP contribution in [-0.2, 0) is 0 Å². The van der Waals surface area contributed by atoms with Crippen LogP contribution in [0.3, 0.4) is 0 Å². The zero-order chi connectivity index (χ0) is 11.7. The van der Waals surface area contributed by atoms with Crippen molar-refractivity contribution in [2.45, 2.75) is 11.8 Å². The molecule has 3 rings (SSSR count). The Morgan fingerprint density at radius 1 is 1.00 bits per heavy atom. The van der Waals surface area contributed by atoms with Gasteiger partial charge in [-0.25, -0.2) is 4.39 Å². The lowest BCUT2D eigenvalue weighted by Gasteiger charge is -2.17. The minimum absolute atomic E-state index is 0. The Hall–Kier alpha value is -1.10. The number of H-pyrrole nitrogens is 1. The van der Waals surface area contributed by atoms with Gasteiger partial charge in [-0.2, -0.15) is 5.10 Å². The number of hydrogen-bond donors (Lipinski definition) is 2. The number of benzene rings is 1. The lowest BCUT2D eigenvalue weighted by Crippen LogP contribution is -2.09. The molecule has 2 atom stereocenters. The van der Waals surface area contributed by atoms with Crippen molar-refractivity contribution >= 4 is 24.8 Å². The van der Waals surface area contributed by atoms with E-state index >= 15 is 0 Å². The SMILES string of the molecule is Cl.Cl.Fc1ccc(C2CNCC2c2ccn[nH]2)cc1. The van der Waals surface area contributed by atoms with Gasteiger partial charge < -0.3 is 5.32 Å². The van der Waals surface area contributed by atoms with Crippen LogP contribution in [0.4, 0.5) is 4.39 Å². The number of nitrogens with zero attached hydrogens (tertiary/aromatic N) is 1. The Morgan fingerprint density at radius 2 is 1.68 bits per heavy atom. The summed E-state index contributed by atoms with van der Waals surface area (Å²) in [7, 11) is 0. The molecule has 2 N–H and O–H groups in total. The topological polar surface area (TPSA) is 40.7 Å². The van der Waals surface area contributed by atoms with Crippen LogP contribution in [0.5, 0.6) is 0 Å². The number of rotatable bonds is 2. The van der Waals surface area contributed by atoms with Gasteiger partial charge in [0, 0.05) is 36.8 Å². The molecule has 19 heavy (non-hydrogen) atoms. The predicted molar refractivity (Wildman–Crippen MR) is 77.8 cm³/mol. The maximum Gasteiger partial charge on any atom is 0.123 e. The summed E-state index contributed by atoms with van der Waals surface area (Å²) in [5.41, 5.74) is 2.32. The first-order valence-corrected chi connectivity index (χ1v) is 5.80. The molecule has 1 fully saturated rings. The van der Waals surface area contributed by atoms with E-state index in [9.17, 15) is 4.39 Å². The van der Waals surface area contributed by atoms with Crippen LogP contribution in [0.1, 0.15) is 23.1 Å². The summed E-state index contributed by atoms with van der Waals surface area (Å²) in [6.45, 7) is 1.86. The van der Waals surface area contributed by atoms with Crippen molar-refractivity contribution in [1.82, 2.24) is 15.5 Å². The first-order chi connectivity index (χ1) is 8.34. The molecule has 1 aromatic heterocycles. The first-order valence-electron chi connectivity index (χ1n) is 5.80. The maximum absolute atomic E-state index is 12.9. The highest BCUT2D eigenvalue weighted by Crippen LogP contribution is 2.34. The van der Waals surface area contributed by atoms with Gasteiger partial charge in [-0.1, -0.05) is 12.1 Å². The summed E-state index contributed by atoms with van der Waals surface area (Å²) in [6.07, 6.45) is 1.77. The Bertz CT molecular complexity index is 487. The molecule has 0 spiro atoms. The van der Waals surface area contributed by atoms with Crippen LogP contribution in [-0.4, -0.2) is 23.3 Å². The van der Waals surface area contributed by atoms with E-state index in [1.165, 1.54) is 17.7 Å². The third-order valence-electron chi connectivity index (χ3n) is 3.43. The molecule has 6 heteroatoms. The fourth-order valence-corrected chi connectivity index (χ4v) is 2.54. The highest BCUT2D eigenvalue weighted by Gasteiger charge is 2.30. The molecule has 1 saturated heterocycles. The van der Waals surface area contributed by atoms with Crippen LogP contribution >= 0.6 is 24.8 Å². The third kappa shape index (κ3) is 3.26. The molecule has 1 aliphatic heterocycles. The van der Waals surface area contributed by atoms with Crippen molar-refractivity contribution in [1.29, 1.82) is 0 Å². The zero-order valence-corrected chi connectivity index (χ0v) is 11.8. The van der Waals surface area contributed by atoms with E-state index < -0.39 is 0 Å². The van der Waals surface area contributed by atoms with Crippen molar-refractivity contribution in [3.05, 3.63) is 53.6 Å². The van der Waals surface area contributed by atoms with Gasteiger partial charge in [0.1, 0.15) is 5.82 Å². The van der Waals surface area contributed by atoms with Gasteiger partial charge in [-0.3, -0.25) is 5.10 Å². The Kier molecular flexibility index (Phi) is 5.79. The van der Waals surface area contributed by atoms with Crippen molar-refractivity contribution in [3.63, 3.8) is 0 Å².